The van der Waals surface area contributed by atoms with E-state index in [1.54, 1.807) is 62.8 Å². The minimum absolute atomic E-state index is 0.508. The Morgan fingerprint density at radius 2 is 1.00 bits per heavy atom. The predicted octanol–water partition coefficient (Wildman–Crippen LogP) is 3.64. The van der Waals surface area contributed by atoms with Gasteiger partial charge in [-0.3, -0.25) is 9.59 Å². The van der Waals surface area contributed by atoms with E-state index in [0.29, 0.717) is 21.3 Å². The maximum absolute atomic E-state index is 11.9. The highest BCUT2D eigenvalue weighted by Gasteiger charge is 2.17. The van der Waals surface area contributed by atoms with Crippen molar-refractivity contribution >= 4 is 33.8 Å². The summed E-state index contributed by atoms with van der Waals surface area (Å²) < 4.78 is 10.1. The summed E-state index contributed by atoms with van der Waals surface area (Å²) in [7, 11) is 3.14. The SMILES string of the molecule is COc1ccc(SC(=O)C(=O)Sc2ccc(OC)cc2)cc1. The zero-order valence-electron chi connectivity index (χ0n) is 12.1. The summed E-state index contributed by atoms with van der Waals surface area (Å²) >= 11 is 1.82. The third-order valence-electron chi connectivity index (χ3n) is 2.71. The van der Waals surface area contributed by atoms with Gasteiger partial charge in [-0.05, 0) is 72.1 Å². The van der Waals surface area contributed by atoms with Crippen molar-refractivity contribution in [3.05, 3.63) is 48.5 Å². The number of carbonyl (C=O) groups is 2. The van der Waals surface area contributed by atoms with E-state index in [1.807, 2.05) is 0 Å². The molecule has 22 heavy (non-hydrogen) atoms. The van der Waals surface area contributed by atoms with Gasteiger partial charge in [-0.2, -0.15) is 0 Å². The fourth-order valence-corrected chi connectivity index (χ4v) is 2.97. The largest absolute Gasteiger partial charge is 0.497 e. The summed E-state index contributed by atoms with van der Waals surface area (Å²) in [5.41, 5.74) is 0. The molecule has 0 heterocycles. The summed E-state index contributed by atoms with van der Waals surface area (Å²) in [6, 6.07) is 14.0. The van der Waals surface area contributed by atoms with Crippen molar-refractivity contribution in [1.29, 1.82) is 0 Å². The van der Waals surface area contributed by atoms with Crippen LogP contribution < -0.4 is 9.47 Å². The van der Waals surface area contributed by atoms with E-state index < -0.39 is 10.2 Å². The van der Waals surface area contributed by atoms with Crippen LogP contribution in [0.4, 0.5) is 0 Å². The second-order valence-corrected chi connectivity index (χ2v) is 6.22. The van der Waals surface area contributed by atoms with Gasteiger partial charge in [0.25, 0.3) is 10.2 Å². The lowest BCUT2D eigenvalue weighted by Gasteiger charge is -2.03. The van der Waals surface area contributed by atoms with Crippen molar-refractivity contribution in [2.45, 2.75) is 9.79 Å². The second-order valence-electron chi connectivity index (χ2n) is 4.13. The van der Waals surface area contributed by atoms with Crippen LogP contribution in [-0.2, 0) is 9.59 Å². The minimum atomic E-state index is -0.508. The van der Waals surface area contributed by atoms with Crippen molar-refractivity contribution in [1.82, 2.24) is 0 Å². The van der Waals surface area contributed by atoms with Crippen molar-refractivity contribution in [2.24, 2.45) is 0 Å². The van der Waals surface area contributed by atoms with Crippen LogP contribution in [0.2, 0.25) is 0 Å². The summed E-state index contributed by atoms with van der Waals surface area (Å²) in [6.07, 6.45) is 0. The molecule has 6 heteroatoms. The molecule has 4 nitrogen and oxygen atoms in total. The van der Waals surface area contributed by atoms with Gasteiger partial charge in [-0.25, -0.2) is 0 Å². The van der Waals surface area contributed by atoms with Gasteiger partial charge in [0.2, 0.25) is 0 Å². The first kappa shape index (κ1) is 16.5. The Kier molecular flexibility index (Phi) is 5.91. The summed E-state index contributed by atoms with van der Waals surface area (Å²) in [5, 5.41) is -1.02. The van der Waals surface area contributed by atoms with Gasteiger partial charge in [0.05, 0.1) is 14.2 Å². The summed E-state index contributed by atoms with van der Waals surface area (Å²) in [6.45, 7) is 0. The summed E-state index contributed by atoms with van der Waals surface area (Å²) in [4.78, 5) is 25.3. The van der Waals surface area contributed by atoms with E-state index in [-0.39, 0.29) is 0 Å². The van der Waals surface area contributed by atoms with Gasteiger partial charge in [0, 0.05) is 9.79 Å². The van der Waals surface area contributed by atoms with Gasteiger partial charge < -0.3 is 9.47 Å². The minimum Gasteiger partial charge on any atom is -0.497 e. The number of carbonyl (C=O) groups excluding carboxylic acids is 2. The quantitative estimate of drug-likeness (QED) is 0.628. The second kappa shape index (κ2) is 7.91. The standard InChI is InChI=1S/C16H14O4S2/c1-19-11-3-7-13(8-4-11)21-15(17)16(18)22-14-9-5-12(20-2)6-10-14/h3-10H,1-2H3. The van der Waals surface area contributed by atoms with E-state index >= 15 is 0 Å². The Hall–Kier alpha value is -1.92. The number of rotatable bonds is 4. The molecular formula is C16H14O4S2. The van der Waals surface area contributed by atoms with Crippen LogP contribution in [0.3, 0.4) is 0 Å². The molecule has 0 radical (unpaired) electrons. The molecule has 0 unspecified atom stereocenters. The molecule has 0 aromatic heterocycles. The smallest absolute Gasteiger partial charge is 0.271 e. The molecule has 0 amide bonds. The van der Waals surface area contributed by atoms with E-state index in [2.05, 4.69) is 0 Å². The normalized spacial score (nSPS) is 10.1. The van der Waals surface area contributed by atoms with Crippen molar-refractivity contribution in [3.8, 4) is 11.5 Å². The number of hydrogen-bond acceptors (Lipinski definition) is 6. The van der Waals surface area contributed by atoms with E-state index in [0.717, 1.165) is 23.5 Å². The van der Waals surface area contributed by atoms with Crippen molar-refractivity contribution in [2.75, 3.05) is 14.2 Å². The van der Waals surface area contributed by atoms with Gasteiger partial charge in [0.1, 0.15) is 11.5 Å². The maximum atomic E-state index is 11.9. The molecular weight excluding hydrogens is 320 g/mol. The Balaban J connectivity index is 1.94. The first-order chi connectivity index (χ1) is 10.6. The molecule has 0 bridgehead atoms. The highest BCUT2D eigenvalue weighted by Crippen LogP contribution is 2.27. The lowest BCUT2D eigenvalue weighted by atomic mass is 10.3. The van der Waals surface area contributed by atoms with E-state index in [9.17, 15) is 9.59 Å². The molecule has 0 atom stereocenters. The summed E-state index contributed by atoms with van der Waals surface area (Å²) in [5.74, 6) is 1.41. The van der Waals surface area contributed by atoms with Gasteiger partial charge >= 0.3 is 0 Å². The fraction of sp³-hybridized carbons (Fsp3) is 0.125. The first-order valence-corrected chi connectivity index (χ1v) is 7.98. The lowest BCUT2D eigenvalue weighted by molar-refractivity contribution is -0.126. The Morgan fingerprint density at radius 1 is 0.682 bits per heavy atom. The first-order valence-electron chi connectivity index (χ1n) is 6.34. The highest BCUT2D eigenvalue weighted by molar-refractivity contribution is 8.24. The van der Waals surface area contributed by atoms with Crippen LogP contribution >= 0.6 is 23.5 Å². The number of benzene rings is 2. The number of ether oxygens (including phenoxy) is 2. The molecule has 0 aliphatic heterocycles. The maximum Gasteiger partial charge on any atom is 0.271 e. The molecule has 0 aliphatic rings. The Bertz CT molecular complexity index is 591. The molecule has 2 aromatic carbocycles. The third kappa shape index (κ3) is 4.54. The van der Waals surface area contributed by atoms with Gasteiger partial charge in [0.15, 0.2) is 0 Å². The predicted molar refractivity (Wildman–Crippen MR) is 87.7 cm³/mol. The van der Waals surface area contributed by atoms with Gasteiger partial charge in [-0.1, -0.05) is 0 Å². The van der Waals surface area contributed by atoms with Crippen LogP contribution in [0.1, 0.15) is 0 Å². The van der Waals surface area contributed by atoms with Crippen molar-refractivity contribution in [3.63, 3.8) is 0 Å². The Morgan fingerprint density at radius 3 is 1.27 bits per heavy atom. The van der Waals surface area contributed by atoms with E-state index in [1.165, 1.54) is 0 Å². The monoisotopic (exact) mass is 334 g/mol. The van der Waals surface area contributed by atoms with Crippen LogP contribution in [0.5, 0.6) is 11.5 Å². The fourth-order valence-electron chi connectivity index (χ4n) is 1.58. The third-order valence-corrected chi connectivity index (χ3v) is 4.59. The zero-order valence-corrected chi connectivity index (χ0v) is 13.7. The molecule has 114 valence electrons. The molecule has 0 spiro atoms. The number of methoxy groups -OCH3 is 2. The molecule has 0 saturated heterocycles. The topological polar surface area (TPSA) is 52.6 Å². The van der Waals surface area contributed by atoms with Crippen molar-refractivity contribution < 1.29 is 19.1 Å². The van der Waals surface area contributed by atoms with Crippen LogP contribution in [-0.4, -0.2) is 24.5 Å². The molecule has 2 rings (SSSR count). The van der Waals surface area contributed by atoms with Crippen LogP contribution in [0.15, 0.2) is 58.3 Å². The highest BCUT2D eigenvalue weighted by atomic mass is 32.2. The molecule has 0 saturated carbocycles. The van der Waals surface area contributed by atoms with Crippen LogP contribution in [0.25, 0.3) is 0 Å². The number of hydrogen-bond donors (Lipinski definition) is 0. The lowest BCUT2D eigenvalue weighted by Crippen LogP contribution is -2.04. The Labute approximate surface area is 137 Å². The average molecular weight is 334 g/mol. The molecule has 0 N–H and O–H groups in total. The average Bonchev–Trinajstić information content (AvgIpc) is 2.56. The zero-order chi connectivity index (χ0) is 15.9. The number of thioether (sulfide) groups is 2. The van der Waals surface area contributed by atoms with Crippen LogP contribution in [0, 0.1) is 0 Å². The molecule has 0 fully saturated rings. The molecule has 0 aliphatic carbocycles. The van der Waals surface area contributed by atoms with Gasteiger partial charge in [-0.15, -0.1) is 0 Å². The van der Waals surface area contributed by atoms with E-state index in [4.69, 9.17) is 9.47 Å². The molecule has 2 aromatic rings.